The fourth-order valence-corrected chi connectivity index (χ4v) is 2.80. The lowest BCUT2D eigenvalue weighted by Crippen LogP contribution is -2.47. The molecule has 0 aromatic heterocycles. The van der Waals surface area contributed by atoms with Crippen LogP contribution < -0.4 is 20.1 Å². The number of nitrogens with one attached hydrogen (secondary N) is 2. The summed E-state index contributed by atoms with van der Waals surface area (Å²) < 4.78 is 10.1. The van der Waals surface area contributed by atoms with Crippen LogP contribution in [0.4, 0.5) is 0 Å². The lowest BCUT2D eigenvalue weighted by molar-refractivity contribution is -0.131. The second-order valence-corrected chi connectivity index (χ2v) is 6.52. The molecule has 0 aliphatic heterocycles. The number of amides is 2. The van der Waals surface area contributed by atoms with Crippen LogP contribution in [0.3, 0.4) is 0 Å². The maximum atomic E-state index is 12.4. The van der Waals surface area contributed by atoms with E-state index in [-0.39, 0.29) is 18.2 Å². The van der Waals surface area contributed by atoms with Gasteiger partial charge in [-0.1, -0.05) is 24.3 Å². The molecule has 0 aliphatic rings. The highest BCUT2D eigenvalue weighted by atomic mass is 16.5. The summed E-state index contributed by atoms with van der Waals surface area (Å²) in [6.07, 6.45) is 1.16. The summed E-state index contributed by atoms with van der Waals surface area (Å²) in [7, 11) is 3.13. The minimum absolute atomic E-state index is 0.203. The van der Waals surface area contributed by atoms with Crippen molar-refractivity contribution in [3.05, 3.63) is 59.7 Å². The largest absolute Gasteiger partial charge is 0.497 e. The number of esters is 1. The molecule has 7 nitrogen and oxygen atoms in total. The summed E-state index contributed by atoms with van der Waals surface area (Å²) >= 11 is 0. The highest BCUT2D eigenvalue weighted by Crippen LogP contribution is 2.15. The summed E-state index contributed by atoms with van der Waals surface area (Å²) in [5.74, 6) is 0.321. The fourth-order valence-electron chi connectivity index (χ4n) is 2.80. The van der Waals surface area contributed by atoms with Crippen molar-refractivity contribution in [2.75, 3.05) is 14.2 Å². The number of hydrogen-bond acceptors (Lipinski definition) is 5. The predicted molar refractivity (Wildman–Crippen MR) is 109 cm³/mol. The highest BCUT2D eigenvalue weighted by Gasteiger charge is 2.20. The standard InChI is InChI=1S/C22H26N2O5/c1-15(25)29-19-11-6-17(7-12-19)14-20(22(27)23-2)24-21(26)13-8-16-4-9-18(28-3)10-5-16/h4-7,9-12,20H,8,13-14H2,1-3H3,(H,23,27)(H,24,26). The summed E-state index contributed by atoms with van der Waals surface area (Å²) in [5.41, 5.74) is 1.85. The Morgan fingerprint density at radius 1 is 0.931 bits per heavy atom. The molecule has 154 valence electrons. The number of aryl methyl sites for hydroxylation is 1. The fraction of sp³-hybridized carbons (Fsp3) is 0.318. The Hall–Kier alpha value is -3.35. The summed E-state index contributed by atoms with van der Waals surface area (Å²) in [6, 6.07) is 13.7. The molecule has 0 saturated carbocycles. The van der Waals surface area contributed by atoms with Crippen molar-refractivity contribution in [1.82, 2.24) is 10.6 Å². The summed E-state index contributed by atoms with van der Waals surface area (Å²) in [5, 5.41) is 5.37. The van der Waals surface area contributed by atoms with Gasteiger partial charge in [-0.15, -0.1) is 0 Å². The molecule has 0 bridgehead atoms. The number of hydrogen-bond donors (Lipinski definition) is 2. The lowest BCUT2D eigenvalue weighted by atomic mass is 10.0. The summed E-state index contributed by atoms with van der Waals surface area (Å²) in [6.45, 7) is 1.33. The Labute approximate surface area is 170 Å². The van der Waals surface area contributed by atoms with Gasteiger partial charge in [0.1, 0.15) is 17.5 Å². The molecule has 0 saturated heterocycles. The van der Waals surface area contributed by atoms with Crippen molar-refractivity contribution in [3.63, 3.8) is 0 Å². The van der Waals surface area contributed by atoms with Crippen LogP contribution in [-0.2, 0) is 27.2 Å². The first-order valence-electron chi connectivity index (χ1n) is 9.32. The molecule has 0 radical (unpaired) electrons. The molecule has 29 heavy (non-hydrogen) atoms. The van der Waals surface area contributed by atoms with E-state index in [4.69, 9.17) is 9.47 Å². The van der Waals surface area contributed by atoms with Crippen LogP contribution in [0.5, 0.6) is 11.5 Å². The average Bonchev–Trinajstić information content (AvgIpc) is 2.72. The van der Waals surface area contributed by atoms with Gasteiger partial charge in [0, 0.05) is 26.8 Å². The number of ether oxygens (including phenoxy) is 2. The number of benzene rings is 2. The Bertz CT molecular complexity index is 831. The topological polar surface area (TPSA) is 93.7 Å². The minimum Gasteiger partial charge on any atom is -0.497 e. The van der Waals surface area contributed by atoms with Crippen molar-refractivity contribution in [2.24, 2.45) is 0 Å². The number of likely N-dealkylation sites (N-methyl/N-ethyl adjacent to an activating group) is 1. The van der Waals surface area contributed by atoms with Gasteiger partial charge in [-0.05, 0) is 41.8 Å². The molecule has 2 aromatic rings. The predicted octanol–water partition coefficient (Wildman–Crippen LogP) is 2.03. The molecule has 0 aliphatic carbocycles. The molecular weight excluding hydrogens is 372 g/mol. The van der Waals surface area contributed by atoms with Crippen LogP contribution in [0.1, 0.15) is 24.5 Å². The van der Waals surface area contributed by atoms with Gasteiger partial charge < -0.3 is 20.1 Å². The van der Waals surface area contributed by atoms with Crippen molar-refractivity contribution in [1.29, 1.82) is 0 Å². The Morgan fingerprint density at radius 2 is 1.52 bits per heavy atom. The van der Waals surface area contributed by atoms with Crippen LogP contribution in [0.25, 0.3) is 0 Å². The second-order valence-electron chi connectivity index (χ2n) is 6.52. The van der Waals surface area contributed by atoms with E-state index in [1.165, 1.54) is 14.0 Å². The van der Waals surface area contributed by atoms with E-state index >= 15 is 0 Å². The van der Waals surface area contributed by atoms with E-state index in [9.17, 15) is 14.4 Å². The second kappa shape index (κ2) is 10.8. The molecule has 2 rings (SSSR count). The smallest absolute Gasteiger partial charge is 0.308 e. The molecule has 2 amide bonds. The zero-order valence-corrected chi connectivity index (χ0v) is 16.9. The third kappa shape index (κ3) is 7.29. The van der Waals surface area contributed by atoms with E-state index in [1.807, 2.05) is 24.3 Å². The molecule has 1 unspecified atom stereocenters. The first-order valence-corrected chi connectivity index (χ1v) is 9.32. The van der Waals surface area contributed by atoms with Gasteiger partial charge in [0.2, 0.25) is 11.8 Å². The molecular formula is C22H26N2O5. The zero-order chi connectivity index (χ0) is 21.2. The van der Waals surface area contributed by atoms with Gasteiger partial charge in [-0.3, -0.25) is 14.4 Å². The lowest BCUT2D eigenvalue weighted by Gasteiger charge is -2.18. The number of rotatable bonds is 9. The van der Waals surface area contributed by atoms with E-state index in [1.54, 1.807) is 31.4 Å². The SMILES string of the molecule is CNC(=O)C(Cc1ccc(OC(C)=O)cc1)NC(=O)CCc1ccc(OC)cc1. The van der Waals surface area contributed by atoms with Crippen LogP contribution in [0, 0.1) is 0 Å². The number of methoxy groups -OCH3 is 1. The third-order valence-corrected chi connectivity index (χ3v) is 4.32. The molecule has 2 aromatic carbocycles. The van der Waals surface area contributed by atoms with Crippen molar-refractivity contribution >= 4 is 17.8 Å². The average molecular weight is 398 g/mol. The quantitative estimate of drug-likeness (QED) is 0.498. The first-order chi connectivity index (χ1) is 13.9. The van der Waals surface area contributed by atoms with Gasteiger partial charge >= 0.3 is 5.97 Å². The van der Waals surface area contributed by atoms with E-state index in [0.29, 0.717) is 18.6 Å². The molecule has 0 fully saturated rings. The van der Waals surface area contributed by atoms with E-state index in [0.717, 1.165) is 16.9 Å². The van der Waals surface area contributed by atoms with Gasteiger partial charge in [-0.25, -0.2) is 0 Å². The number of carbonyl (C=O) groups excluding carboxylic acids is 3. The Balaban J connectivity index is 1.94. The van der Waals surface area contributed by atoms with Gasteiger partial charge in [-0.2, -0.15) is 0 Å². The number of carbonyl (C=O) groups is 3. The van der Waals surface area contributed by atoms with E-state index < -0.39 is 12.0 Å². The monoisotopic (exact) mass is 398 g/mol. The summed E-state index contributed by atoms with van der Waals surface area (Å²) in [4.78, 5) is 35.6. The van der Waals surface area contributed by atoms with Gasteiger partial charge in [0.15, 0.2) is 0 Å². The molecule has 0 spiro atoms. The van der Waals surface area contributed by atoms with Crippen molar-refractivity contribution in [3.8, 4) is 11.5 Å². The van der Waals surface area contributed by atoms with Gasteiger partial charge in [0.05, 0.1) is 7.11 Å². The van der Waals surface area contributed by atoms with Crippen LogP contribution >= 0.6 is 0 Å². The first kappa shape index (κ1) is 21.9. The van der Waals surface area contributed by atoms with Crippen molar-refractivity contribution < 1.29 is 23.9 Å². The zero-order valence-electron chi connectivity index (χ0n) is 16.9. The molecule has 1 atom stereocenters. The Morgan fingerprint density at radius 3 is 2.07 bits per heavy atom. The third-order valence-electron chi connectivity index (χ3n) is 4.32. The molecule has 2 N–H and O–H groups in total. The normalized spacial score (nSPS) is 11.3. The van der Waals surface area contributed by atoms with Crippen LogP contribution in [-0.4, -0.2) is 38.0 Å². The Kier molecular flexibility index (Phi) is 8.21. The maximum Gasteiger partial charge on any atom is 0.308 e. The molecule has 7 heteroatoms. The molecule has 0 heterocycles. The van der Waals surface area contributed by atoms with Gasteiger partial charge in [0.25, 0.3) is 0 Å². The minimum atomic E-state index is -0.692. The van der Waals surface area contributed by atoms with Crippen LogP contribution in [0.15, 0.2) is 48.5 Å². The van der Waals surface area contributed by atoms with E-state index in [2.05, 4.69) is 10.6 Å². The highest BCUT2D eigenvalue weighted by molar-refractivity contribution is 5.87. The van der Waals surface area contributed by atoms with Crippen molar-refractivity contribution in [2.45, 2.75) is 32.2 Å². The van der Waals surface area contributed by atoms with Crippen LogP contribution in [0.2, 0.25) is 0 Å². The maximum absolute atomic E-state index is 12.4.